The third-order valence-corrected chi connectivity index (χ3v) is 2.10. The van der Waals surface area contributed by atoms with Crippen molar-refractivity contribution in [1.29, 1.82) is 5.26 Å². The van der Waals surface area contributed by atoms with Crippen molar-refractivity contribution in [3.05, 3.63) is 29.8 Å². The number of rotatable bonds is 3. The van der Waals surface area contributed by atoms with Crippen LogP contribution in [0.15, 0.2) is 24.3 Å². The van der Waals surface area contributed by atoms with Crippen molar-refractivity contribution in [2.75, 3.05) is 19.3 Å². The van der Waals surface area contributed by atoms with Crippen molar-refractivity contribution in [2.24, 2.45) is 0 Å². The predicted molar refractivity (Wildman–Crippen MR) is 58.0 cm³/mol. The van der Waals surface area contributed by atoms with Gasteiger partial charge in [0.25, 0.3) is 5.91 Å². The average Bonchev–Trinajstić information content (AvgIpc) is 2.25. The minimum atomic E-state index is -0.150. The van der Waals surface area contributed by atoms with Gasteiger partial charge in [-0.25, -0.2) is 0 Å². The number of carbonyl (C=O) groups is 1. The standard InChI is InChI=1S/C11H13N3O/c1-14(8-4-7-12)11(15)9-5-2-3-6-10(9)13/h2-3,5-6H,4,8,13H2,1H3. The Morgan fingerprint density at radius 2 is 2.20 bits per heavy atom. The van der Waals surface area contributed by atoms with Gasteiger partial charge in [-0.15, -0.1) is 0 Å². The van der Waals surface area contributed by atoms with E-state index in [0.29, 0.717) is 24.2 Å². The molecule has 0 aliphatic heterocycles. The van der Waals surface area contributed by atoms with Gasteiger partial charge in [0.1, 0.15) is 0 Å². The van der Waals surface area contributed by atoms with E-state index in [1.54, 1.807) is 31.3 Å². The van der Waals surface area contributed by atoms with E-state index in [1.807, 2.05) is 6.07 Å². The molecule has 4 nitrogen and oxygen atoms in total. The summed E-state index contributed by atoms with van der Waals surface area (Å²) in [6, 6.07) is 8.91. The van der Waals surface area contributed by atoms with Gasteiger partial charge in [0.05, 0.1) is 18.1 Å². The van der Waals surface area contributed by atoms with Crippen LogP contribution in [0.5, 0.6) is 0 Å². The van der Waals surface area contributed by atoms with Gasteiger partial charge in [-0.3, -0.25) is 4.79 Å². The first-order valence-electron chi connectivity index (χ1n) is 4.63. The highest BCUT2D eigenvalue weighted by atomic mass is 16.2. The number of nitrogen functional groups attached to an aromatic ring is 1. The second-order valence-corrected chi connectivity index (χ2v) is 3.22. The van der Waals surface area contributed by atoms with Crippen molar-refractivity contribution >= 4 is 11.6 Å². The fourth-order valence-corrected chi connectivity index (χ4v) is 1.22. The van der Waals surface area contributed by atoms with Gasteiger partial charge in [0.15, 0.2) is 0 Å². The summed E-state index contributed by atoms with van der Waals surface area (Å²) in [5, 5.41) is 8.41. The molecule has 1 amide bonds. The topological polar surface area (TPSA) is 70.1 Å². The molecule has 0 aliphatic carbocycles. The van der Waals surface area contributed by atoms with Gasteiger partial charge in [-0.2, -0.15) is 5.26 Å². The molecular formula is C11H13N3O. The van der Waals surface area contributed by atoms with Crippen LogP contribution in [-0.4, -0.2) is 24.4 Å². The van der Waals surface area contributed by atoms with Gasteiger partial charge in [-0.1, -0.05) is 12.1 Å². The van der Waals surface area contributed by atoms with Crippen LogP contribution in [0.2, 0.25) is 0 Å². The molecule has 0 saturated carbocycles. The summed E-state index contributed by atoms with van der Waals surface area (Å²) in [4.78, 5) is 13.3. The third kappa shape index (κ3) is 2.71. The quantitative estimate of drug-likeness (QED) is 0.752. The number of nitriles is 1. The first kappa shape index (κ1) is 11.1. The van der Waals surface area contributed by atoms with E-state index in [0.717, 1.165) is 0 Å². The molecule has 0 fully saturated rings. The highest BCUT2D eigenvalue weighted by Gasteiger charge is 2.13. The zero-order valence-electron chi connectivity index (χ0n) is 8.60. The summed E-state index contributed by atoms with van der Waals surface area (Å²) in [6.07, 6.45) is 0.328. The number of nitrogens with zero attached hydrogens (tertiary/aromatic N) is 2. The largest absolute Gasteiger partial charge is 0.398 e. The highest BCUT2D eigenvalue weighted by molar-refractivity contribution is 5.98. The van der Waals surface area contributed by atoms with E-state index in [9.17, 15) is 4.79 Å². The predicted octanol–water partition coefficient (Wildman–Crippen LogP) is 1.25. The fraction of sp³-hybridized carbons (Fsp3) is 0.273. The first-order valence-corrected chi connectivity index (χ1v) is 4.63. The lowest BCUT2D eigenvalue weighted by Crippen LogP contribution is -2.28. The highest BCUT2D eigenvalue weighted by Crippen LogP contribution is 2.12. The average molecular weight is 203 g/mol. The number of nitrogens with two attached hydrogens (primary N) is 1. The van der Waals surface area contributed by atoms with E-state index in [1.165, 1.54) is 4.90 Å². The van der Waals surface area contributed by atoms with E-state index < -0.39 is 0 Å². The molecule has 1 aromatic rings. The Kier molecular flexibility index (Phi) is 3.69. The molecule has 0 aromatic heterocycles. The van der Waals surface area contributed by atoms with Crippen LogP contribution >= 0.6 is 0 Å². The molecule has 0 atom stereocenters. The molecule has 15 heavy (non-hydrogen) atoms. The van der Waals surface area contributed by atoms with Crippen molar-refractivity contribution in [2.45, 2.75) is 6.42 Å². The molecule has 0 heterocycles. The molecule has 78 valence electrons. The molecule has 2 N–H and O–H groups in total. The molecule has 0 radical (unpaired) electrons. The van der Waals surface area contributed by atoms with E-state index >= 15 is 0 Å². The monoisotopic (exact) mass is 203 g/mol. The molecular weight excluding hydrogens is 190 g/mol. The maximum Gasteiger partial charge on any atom is 0.255 e. The molecule has 1 rings (SSSR count). The second kappa shape index (κ2) is 5.01. The summed E-state index contributed by atoms with van der Waals surface area (Å²) in [5.41, 5.74) is 6.62. The molecule has 0 bridgehead atoms. The number of amides is 1. The lowest BCUT2D eigenvalue weighted by atomic mass is 10.1. The van der Waals surface area contributed by atoms with Crippen molar-refractivity contribution in [1.82, 2.24) is 4.90 Å². The van der Waals surface area contributed by atoms with Crippen LogP contribution in [0.25, 0.3) is 0 Å². The Hall–Kier alpha value is -2.02. The van der Waals surface area contributed by atoms with Gasteiger partial charge in [0, 0.05) is 19.3 Å². The van der Waals surface area contributed by atoms with E-state index in [4.69, 9.17) is 11.0 Å². The first-order chi connectivity index (χ1) is 7.16. The minimum absolute atomic E-state index is 0.150. The number of hydrogen-bond donors (Lipinski definition) is 1. The number of carbonyl (C=O) groups excluding carboxylic acids is 1. The molecule has 0 unspecified atom stereocenters. The summed E-state index contributed by atoms with van der Waals surface area (Å²) in [5.74, 6) is -0.150. The molecule has 0 spiro atoms. The van der Waals surface area contributed by atoms with Crippen molar-refractivity contribution in [3.8, 4) is 6.07 Å². The fourth-order valence-electron chi connectivity index (χ4n) is 1.22. The second-order valence-electron chi connectivity index (χ2n) is 3.22. The van der Waals surface area contributed by atoms with Crippen molar-refractivity contribution in [3.63, 3.8) is 0 Å². The Labute approximate surface area is 88.9 Å². The van der Waals surface area contributed by atoms with E-state index in [-0.39, 0.29) is 5.91 Å². The van der Waals surface area contributed by atoms with Crippen LogP contribution in [0.3, 0.4) is 0 Å². The molecule has 0 aliphatic rings. The maximum atomic E-state index is 11.8. The van der Waals surface area contributed by atoms with Gasteiger partial charge in [-0.05, 0) is 12.1 Å². The Bertz CT molecular complexity index is 395. The van der Waals surface area contributed by atoms with Crippen molar-refractivity contribution < 1.29 is 4.79 Å². The van der Waals surface area contributed by atoms with Crippen LogP contribution in [0.4, 0.5) is 5.69 Å². The Morgan fingerprint density at radius 3 is 2.80 bits per heavy atom. The van der Waals surface area contributed by atoms with E-state index in [2.05, 4.69) is 0 Å². The van der Waals surface area contributed by atoms with Crippen LogP contribution in [-0.2, 0) is 0 Å². The SMILES string of the molecule is CN(CCC#N)C(=O)c1ccccc1N. The summed E-state index contributed by atoms with van der Waals surface area (Å²) < 4.78 is 0. The third-order valence-electron chi connectivity index (χ3n) is 2.10. The Morgan fingerprint density at radius 1 is 1.53 bits per heavy atom. The lowest BCUT2D eigenvalue weighted by Gasteiger charge is -2.16. The summed E-state index contributed by atoms with van der Waals surface area (Å²) in [6.45, 7) is 0.420. The van der Waals surface area contributed by atoms with Gasteiger partial charge in [0.2, 0.25) is 0 Å². The summed E-state index contributed by atoms with van der Waals surface area (Å²) in [7, 11) is 1.66. The van der Waals surface area contributed by atoms with Crippen LogP contribution in [0.1, 0.15) is 16.8 Å². The normalized spacial score (nSPS) is 9.33. The summed E-state index contributed by atoms with van der Waals surface area (Å²) >= 11 is 0. The maximum absolute atomic E-state index is 11.8. The zero-order chi connectivity index (χ0) is 11.3. The number of hydrogen-bond acceptors (Lipinski definition) is 3. The van der Waals surface area contributed by atoms with Gasteiger partial charge >= 0.3 is 0 Å². The molecule has 1 aromatic carbocycles. The Balaban J connectivity index is 2.77. The number of benzene rings is 1. The smallest absolute Gasteiger partial charge is 0.255 e. The van der Waals surface area contributed by atoms with Crippen LogP contribution < -0.4 is 5.73 Å². The molecule has 4 heteroatoms. The number of para-hydroxylation sites is 1. The van der Waals surface area contributed by atoms with Gasteiger partial charge < -0.3 is 10.6 Å². The number of anilines is 1. The lowest BCUT2D eigenvalue weighted by molar-refractivity contribution is 0.0799. The zero-order valence-corrected chi connectivity index (χ0v) is 8.60. The van der Waals surface area contributed by atoms with Crippen LogP contribution in [0, 0.1) is 11.3 Å². The minimum Gasteiger partial charge on any atom is -0.398 e. The molecule has 0 saturated heterocycles.